The standard InChI is InChI=1S/C13H12ClIN2O2/c1-7-6-16-13(19-7)8(2)17-12(18)10-5-9(14)3-4-11(10)15/h3-6,8H,1-2H3,(H,17,18). The normalized spacial score (nSPS) is 12.2. The van der Waals surface area contributed by atoms with E-state index in [1.165, 1.54) is 0 Å². The highest BCUT2D eigenvalue weighted by molar-refractivity contribution is 14.1. The Bertz CT molecular complexity index is 612. The van der Waals surface area contributed by atoms with Crippen LogP contribution >= 0.6 is 34.2 Å². The van der Waals surface area contributed by atoms with Crippen LogP contribution in [0.2, 0.25) is 5.02 Å². The molecule has 0 saturated heterocycles. The van der Waals surface area contributed by atoms with Gasteiger partial charge in [0, 0.05) is 8.59 Å². The summed E-state index contributed by atoms with van der Waals surface area (Å²) in [6.45, 7) is 3.63. The fourth-order valence-corrected chi connectivity index (χ4v) is 2.33. The van der Waals surface area contributed by atoms with Crippen LogP contribution in [0.1, 0.15) is 35.0 Å². The lowest BCUT2D eigenvalue weighted by molar-refractivity contribution is 0.0933. The third-order valence-corrected chi connectivity index (χ3v) is 3.71. The zero-order chi connectivity index (χ0) is 14.0. The maximum absolute atomic E-state index is 12.2. The van der Waals surface area contributed by atoms with Crippen molar-refractivity contribution in [2.24, 2.45) is 0 Å². The molecule has 0 aliphatic heterocycles. The van der Waals surface area contributed by atoms with Gasteiger partial charge in [-0.2, -0.15) is 0 Å². The number of carbonyl (C=O) groups is 1. The first-order valence-corrected chi connectivity index (χ1v) is 7.11. The maximum Gasteiger partial charge on any atom is 0.253 e. The van der Waals surface area contributed by atoms with Gasteiger partial charge in [-0.3, -0.25) is 4.79 Å². The van der Waals surface area contributed by atoms with Gasteiger partial charge in [0.15, 0.2) is 0 Å². The Morgan fingerprint density at radius 1 is 1.53 bits per heavy atom. The Morgan fingerprint density at radius 2 is 2.26 bits per heavy atom. The third kappa shape index (κ3) is 3.48. The molecular weight excluding hydrogens is 379 g/mol. The summed E-state index contributed by atoms with van der Waals surface area (Å²) < 4.78 is 6.23. The minimum atomic E-state index is -0.295. The third-order valence-electron chi connectivity index (χ3n) is 2.53. The van der Waals surface area contributed by atoms with Gasteiger partial charge in [0.25, 0.3) is 5.91 Å². The summed E-state index contributed by atoms with van der Waals surface area (Å²) in [4.78, 5) is 16.3. The molecule has 1 atom stereocenters. The van der Waals surface area contributed by atoms with Crippen molar-refractivity contribution in [3.8, 4) is 0 Å². The summed E-state index contributed by atoms with van der Waals surface area (Å²) in [7, 11) is 0. The van der Waals surface area contributed by atoms with Crippen LogP contribution in [0, 0.1) is 10.5 Å². The van der Waals surface area contributed by atoms with Gasteiger partial charge < -0.3 is 9.73 Å². The number of halogens is 2. The molecule has 0 aliphatic carbocycles. The molecule has 2 rings (SSSR count). The van der Waals surface area contributed by atoms with Gasteiger partial charge in [-0.15, -0.1) is 0 Å². The predicted molar refractivity (Wildman–Crippen MR) is 81.3 cm³/mol. The van der Waals surface area contributed by atoms with E-state index in [2.05, 4.69) is 32.9 Å². The van der Waals surface area contributed by atoms with E-state index in [0.29, 0.717) is 22.2 Å². The van der Waals surface area contributed by atoms with Gasteiger partial charge in [-0.1, -0.05) is 11.6 Å². The molecular formula is C13H12ClIN2O2. The molecule has 1 N–H and O–H groups in total. The van der Waals surface area contributed by atoms with E-state index in [1.807, 2.05) is 13.8 Å². The topological polar surface area (TPSA) is 55.1 Å². The highest BCUT2D eigenvalue weighted by Crippen LogP contribution is 2.19. The van der Waals surface area contributed by atoms with Crippen molar-refractivity contribution in [2.45, 2.75) is 19.9 Å². The van der Waals surface area contributed by atoms with Gasteiger partial charge in [0.05, 0.1) is 11.8 Å². The maximum atomic E-state index is 12.2. The molecule has 6 heteroatoms. The van der Waals surface area contributed by atoms with Gasteiger partial charge >= 0.3 is 0 Å². The van der Waals surface area contributed by atoms with Crippen molar-refractivity contribution in [3.63, 3.8) is 0 Å². The number of carbonyl (C=O) groups excluding carboxylic acids is 1. The number of hydrogen-bond acceptors (Lipinski definition) is 3. The first kappa shape index (κ1) is 14.3. The summed E-state index contributed by atoms with van der Waals surface area (Å²) in [5, 5.41) is 3.37. The highest BCUT2D eigenvalue weighted by Gasteiger charge is 2.17. The summed E-state index contributed by atoms with van der Waals surface area (Å²) in [6.07, 6.45) is 1.63. The molecule has 0 spiro atoms. The first-order chi connectivity index (χ1) is 8.97. The molecule has 1 aromatic heterocycles. The van der Waals surface area contributed by atoms with E-state index >= 15 is 0 Å². The van der Waals surface area contributed by atoms with E-state index in [-0.39, 0.29) is 11.9 Å². The molecule has 2 aromatic rings. The second kappa shape index (κ2) is 5.92. The van der Waals surface area contributed by atoms with Crippen molar-refractivity contribution in [1.82, 2.24) is 10.3 Å². The van der Waals surface area contributed by atoms with E-state index in [0.717, 1.165) is 3.57 Å². The smallest absolute Gasteiger partial charge is 0.253 e. The monoisotopic (exact) mass is 390 g/mol. The summed E-state index contributed by atoms with van der Waals surface area (Å²) >= 11 is 8.00. The number of hydrogen-bond donors (Lipinski definition) is 1. The van der Waals surface area contributed by atoms with Crippen LogP contribution in [-0.2, 0) is 0 Å². The van der Waals surface area contributed by atoms with Crippen LogP contribution in [0.25, 0.3) is 0 Å². The molecule has 19 heavy (non-hydrogen) atoms. The van der Waals surface area contributed by atoms with Crippen molar-refractivity contribution in [3.05, 3.63) is 50.2 Å². The lowest BCUT2D eigenvalue weighted by Crippen LogP contribution is -2.27. The largest absolute Gasteiger partial charge is 0.444 e. The van der Waals surface area contributed by atoms with Crippen molar-refractivity contribution in [2.75, 3.05) is 0 Å². The van der Waals surface area contributed by atoms with Crippen molar-refractivity contribution < 1.29 is 9.21 Å². The summed E-state index contributed by atoms with van der Waals surface area (Å²) in [5.74, 6) is 1.01. The number of oxazole rings is 1. The molecule has 100 valence electrons. The van der Waals surface area contributed by atoms with Crippen LogP contribution in [-0.4, -0.2) is 10.9 Å². The molecule has 1 aromatic carbocycles. The zero-order valence-corrected chi connectivity index (χ0v) is 13.3. The fourth-order valence-electron chi connectivity index (χ4n) is 1.58. The van der Waals surface area contributed by atoms with Crippen molar-refractivity contribution >= 4 is 40.1 Å². The summed E-state index contributed by atoms with van der Waals surface area (Å²) in [6, 6.07) is 4.90. The lowest BCUT2D eigenvalue weighted by atomic mass is 10.2. The Labute approximate surface area is 129 Å². The molecule has 0 aliphatic rings. The molecule has 4 nitrogen and oxygen atoms in total. The van der Waals surface area contributed by atoms with Crippen molar-refractivity contribution in [1.29, 1.82) is 0 Å². The number of nitrogens with one attached hydrogen (secondary N) is 1. The molecule has 0 bridgehead atoms. The highest BCUT2D eigenvalue weighted by atomic mass is 127. The summed E-state index contributed by atoms with van der Waals surface area (Å²) in [5.41, 5.74) is 0.545. The Kier molecular flexibility index (Phi) is 4.46. The molecule has 0 radical (unpaired) electrons. The average Bonchev–Trinajstić information content (AvgIpc) is 2.79. The lowest BCUT2D eigenvalue weighted by Gasteiger charge is -2.11. The molecule has 1 unspecified atom stereocenters. The Morgan fingerprint density at radius 3 is 2.89 bits per heavy atom. The van der Waals surface area contributed by atoms with Gasteiger partial charge in [0.2, 0.25) is 5.89 Å². The number of aromatic nitrogens is 1. The second-order valence-corrected chi connectivity index (χ2v) is 5.73. The van der Waals surface area contributed by atoms with Crippen LogP contribution in [0.3, 0.4) is 0 Å². The first-order valence-electron chi connectivity index (χ1n) is 5.65. The number of nitrogens with zero attached hydrogens (tertiary/aromatic N) is 1. The van der Waals surface area contributed by atoms with E-state index in [4.69, 9.17) is 16.0 Å². The average molecular weight is 391 g/mol. The minimum absolute atomic E-state index is 0.199. The minimum Gasteiger partial charge on any atom is -0.444 e. The second-order valence-electron chi connectivity index (χ2n) is 4.13. The molecule has 0 saturated carbocycles. The fraction of sp³-hybridized carbons (Fsp3) is 0.231. The molecule has 0 fully saturated rings. The zero-order valence-electron chi connectivity index (χ0n) is 10.4. The van der Waals surface area contributed by atoms with Crippen LogP contribution in [0.4, 0.5) is 0 Å². The SMILES string of the molecule is Cc1cnc(C(C)NC(=O)c2cc(Cl)ccc2I)o1. The van der Waals surface area contributed by atoms with E-state index < -0.39 is 0 Å². The van der Waals surface area contributed by atoms with E-state index in [9.17, 15) is 4.79 Å². The Balaban J connectivity index is 2.15. The molecule has 1 heterocycles. The van der Waals surface area contributed by atoms with Gasteiger partial charge in [0.1, 0.15) is 11.8 Å². The van der Waals surface area contributed by atoms with Gasteiger partial charge in [-0.25, -0.2) is 4.98 Å². The van der Waals surface area contributed by atoms with Crippen LogP contribution in [0.15, 0.2) is 28.8 Å². The number of benzene rings is 1. The quantitative estimate of drug-likeness (QED) is 0.813. The van der Waals surface area contributed by atoms with Crippen LogP contribution in [0.5, 0.6) is 0 Å². The van der Waals surface area contributed by atoms with Crippen LogP contribution < -0.4 is 5.32 Å². The predicted octanol–water partition coefficient (Wildman–Crippen LogP) is 3.73. The number of aryl methyl sites for hydroxylation is 1. The Hall–Kier alpha value is -1.08. The molecule has 1 amide bonds. The number of amides is 1. The van der Waals surface area contributed by atoms with Gasteiger partial charge in [-0.05, 0) is 54.6 Å². The number of rotatable bonds is 3. The van der Waals surface area contributed by atoms with E-state index in [1.54, 1.807) is 24.4 Å².